The molecular formula is C9H8N2O3. The van der Waals surface area contributed by atoms with E-state index in [1.807, 2.05) is 0 Å². The van der Waals surface area contributed by atoms with Gasteiger partial charge in [0.15, 0.2) is 0 Å². The second kappa shape index (κ2) is 2.37. The molecule has 3 rings (SSSR count). The Bertz CT molecular complexity index is 435. The van der Waals surface area contributed by atoms with E-state index in [4.69, 9.17) is 9.63 Å². The SMILES string of the molecule is O=C1NC2c3cnoc3CC2/C1=C/O. The number of hydrogen-bond acceptors (Lipinski definition) is 4. The van der Waals surface area contributed by atoms with Gasteiger partial charge >= 0.3 is 0 Å². The minimum atomic E-state index is -0.200. The van der Waals surface area contributed by atoms with Crippen LogP contribution in [0.25, 0.3) is 0 Å². The van der Waals surface area contributed by atoms with Gasteiger partial charge in [0, 0.05) is 17.9 Å². The summed E-state index contributed by atoms with van der Waals surface area (Å²) in [4.78, 5) is 11.4. The van der Waals surface area contributed by atoms with Gasteiger partial charge < -0.3 is 14.9 Å². The molecule has 5 heteroatoms. The van der Waals surface area contributed by atoms with Crippen molar-refractivity contribution < 1.29 is 14.4 Å². The van der Waals surface area contributed by atoms with Crippen LogP contribution in [0.1, 0.15) is 17.4 Å². The van der Waals surface area contributed by atoms with Crippen molar-refractivity contribution in [3.63, 3.8) is 0 Å². The molecule has 0 spiro atoms. The number of nitrogens with one attached hydrogen (secondary N) is 1. The molecular weight excluding hydrogens is 184 g/mol. The van der Waals surface area contributed by atoms with E-state index in [0.717, 1.165) is 17.6 Å². The minimum Gasteiger partial charge on any atom is -0.515 e. The standard InChI is InChI=1S/C9H8N2O3/c12-3-6-4-1-7-5(2-10-14-7)8(4)11-9(6)13/h2-4,8,12H,1H2,(H,11,13)/b6-3-. The highest BCUT2D eigenvalue weighted by Gasteiger charge is 2.46. The molecule has 0 radical (unpaired) electrons. The lowest BCUT2D eigenvalue weighted by atomic mass is 9.98. The molecule has 1 aliphatic heterocycles. The van der Waals surface area contributed by atoms with Crippen LogP contribution in [0.15, 0.2) is 22.6 Å². The molecule has 0 bridgehead atoms. The normalized spacial score (nSPS) is 31.7. The van der Waals surface area contributed by atoms with Crippen LogP contribution in [0.3, 0.4) is 0 Å². The highest BCUT2D eigenvalue weighted by atomic mass is 16.5. The lowest BCUT2D eigenvalue weighted by Crippen LogP contribution is -2.18. The van der Waals surface area contributed by atoms with Gasteiger partial charge in [-0.15, -0.1) is 0 Å². The number of aliphatic hydroxyl groups is 1. The third kappa shape index (κ3) is 0.742. The Kier molecular flexibility index (Phi) is 1.29. The number of fused-ring (bicyclic) bond motifs is 3. The van der Waals surface area contributed by atoms with Gasteiger partial charge in [0.2, 0.25) is 0 Å². The molecule has 5 nitrogen and oxygen atoms in total. The van der Waals surface area contributed by atoms with E-state index in [1.165, 1.54) is 0 Å². The maximum atomic E-state index is 11.4. The fourth-order valence-corrected chi connectivity index (χ4v) is 2.23. The van der Waals surface area contributed by atoms with Crippen molar-refractivity contribution in [2.75, 3.05) is 0 Å². The summed E-state index contributed by atoms with van der Waals surface area (Å²) in [6, 6.07) is -0.0675. The number of rotatable bonds is 0. The van der Waals surface area contributed by atoms with Crippen molar-refractivity contribution in [1.29, 1.82) is 0 Å². The first-order valence-corrected chi connectivity index (χ1v) is 4.40. The Morgan fingerprint density at radius 2 is 2.57 bits per heavy atom. The molecule has 1 amide bonds. The van der Waals surface area contributed by atoms with Crippen LogP contribution in [-0.2, 0) is 11.2 Å². The van der Waals surface area contributed by atoms with E-state index in [-0.39, 0.29) is 17.9 Å². The molecule has 2 heterocycles. The van der Waals surface area contributed by atoms with Crippen molar-refractivity contribution >= 4 is 5.91 Å². The minimum absolute atomic E-state index is 0.00394. The van der Waals surface area contributed by atoms with Crippen molar-refractivity contribution in [2.24, 2.45) is 5.92 Å². The second-order valence-electron chi connectivity index (χ2n) is 3.55. The Morgan fingerprint density at radius 3 is 3.36 bits per heavy atom. The molecule has 2 atom stereocenters. The van der Waals surface area contributed by atoms with Crippen molar-refractivity contribution in [3.8, 4) is 0 Å². The summed E-state index contributed by atoms with van der Waals surface area (Å²) in [5, 5.41) is 15.4. The van der Waals surface area contributed by atoms with Crippen LogP contribution in [-0.4, -0.2) is 16.2 Å². The number of aliphatic hydroxyl groups excluding tert-OH is 1. The number of amides is 1. The highest BCUT2D eigenvalue weighted by molar-refractivity contribution is 5.97. The summed E-state index contributed by atoms with van der Waals surface area (Å²) < 4.78 is 5.03. The van der Waals surface area contributed by atoms with E-state index in [1.54, 1.807) is 6.20 Å². The zero-order valence-corrected chi connectivity index (χ0v) is 7.23. The first kappa shape index (κ1) is 7.61. The second-order valence-corrected chi connectivity index (χ2v) is 3.55. The zero-order valence-electron chi connectivity index (χ0n) is 7.23. The van der Waals surface area contributed by atoms with Gasteiger partial charge in [-0.3, -0.25) is 4.79 Å². The molecule has 1 saturated heterocycles. The molecule has 0 aromatic carbocycles. The average molecular weight is 192 g/mol. The van der Waals surface area contributed by atoms with Crippen molar-refractivity contribution in [3.05, 3.63) is 29.4 Å². The maximum absolute atomic E-state index is 11.4. The summed E-state index contributed by atoms with van der Waals surface area (Å²) >= 11 is 0. The van der Waals surface area contributed by atoms with Crippen LogP contribution in [0.2, 0.25) is 0 Å². The molecule has 0 saturated carbocycles. The van der Waals surface area contributed by atoms with E-state index in [0.29, 0.717) is 12.0 Å². The Balaban J connectivity index is 2.07. The predicted molar refractivity (Wildman–Crippen MR) is 45.3 cm³/mol. The monoisotopic (exact) mass is 192 g/mol. The largest absolute Gasteiger partial charge is 0.515 e. The molecule has 14 heavy (non-hydrogen) atoms. The highest BCUT2D eigenvalue weighted by Crippen LogP contribution is 2.43. The van der Waals surface area contributed by atoms with Crippen LogP contribution in [0, 0.1) is 5.92 Å². The topological polar surface area (TPSA) is 75.4 Å². The molecule has 1 aliphatic carbocycles. The summed E-state index contributed by atoms with van der Waals surface area (Å²) in [5.74, 6) is 0.609. The lowest BCUT2D eigenvalue weighted by molar-refractivity contribution is -0.116. The van der Waals surface area contributed by atoms with Gasteiger partial charge in [-0.25, -0.2) is 0 Å². The average Bonchev–Trinajstić information content (AvgIpc) is 2.76. The first-order valence-electron chi connectivity index (χ1n) is 4.40. The summed E-state index contributed by atoms with van der Waals surface area (Å²) in [7, 11) is 0. The fourth-order valence-electron chi connectivity index (χ4n) is 2.23. The van der Waals surface area contributed by atoms with Gasteiger partial charge in [0.05, 0.1) is 24.1 Å². The number of carbonyl (C=O) groups is 1. The molecule has 1 fully saturated rings. The number of hydrogen-bond donors (Lipinski definition) is 2. The van der Waals surface area contributed by atoms with E-state index >= 15 is 0 Å². The molecule has 1 aromatic rings. The van der Waals surface area contributed by atoms with Crippen molar-refractivity contribution in [1.82, 2.24) is 10.5 Å². The van der Waals surface area contributed by atoms with Crippen LogP contribution >= 0.6 is 0 Å². The molecule has 72 valence electrons. The number of carbonyl (C=O) groups excluding carboxylic acids is 1. The summed E-state index contributed by atoms with van der Waals surface area (Å²) in [6.07, 6.45) is 3.14. The Hall–Kier alpha value is -1.78. The molecule has 1 aromatic heterocycles. The van der Waals surface area contributed by atoms with E-state index < -0.39 is 0 Å². The number of aromatic nitrogens is 1. The third-order valence-electron chi connectivity index (χ3n) is 2.91. The van der Waals surface area contributed by atoms with Gasteiger partial charge in [0.1, 0.15) is 5.76 Å². The summed E-state index contributed by atoms with van der Waals surface area (Å²) in [6.45, 7) is 0. The Labute approximate surface area is 79.4 Å². The number of nitrogens with zero attached hydrogens (tertiary/aromatic N) is 1. The van der Waals surface area contributed by atoms with E-state index in [2.05, 4.69) is 10.5 Å². The molecule has 2 aliphatic rings. The van der Waals surface area contributed by atoms with Crippen LogP contribution in [0.5, 0.6) is 0 Å². The van der Waals surface area contributed by atoms with Gasteiger partial charge in [-0.05, 0) is 0 Å². The smallest absolute Gasteiger partial charge is 0.251 e. The zero-order chi connectivity index (χ0) is 9.71. The van der Waals surface area contributed by atoms with Gasteiger partial charge in [0.25, 0.3) is 5.91 Å². The fraction of sp³-hybridized carbons (Fsp3) is 0.333. The predicted octanol–water partition coefficient (Wildman–Crippen LogP) is 0.460. The third-order valence-corrected chi connectivity index (χ3v) is 2.91. The van der Waals surface area contributed by atoms with Gasteiger partial charge in [-0.2, -0.15) is 0 Å². The van der Waals surface area contributed by atoms with Crippen molar-refractivity contribution in [2.45, 2.75) is 12.5 Å². The van der Waals surface area contributed by atoms with Crippen LogP contribution < -0.4 is 5.32 Å². The maximum Gasteiger partial charge on any atom is 0.251 e. The quantitative estimate of drug-likeness (QED) is 0.462. The van der Waals surface area contributed by atoms with E-state index in [9.17, 15) is 4.79 Å². The lowest BCUT2D eigenvalue weighted by Gasteiger charge is -2.06. The first-order chi connectivity index (χ1) is 6.81. The molecule has 2 unspecified atom stereocenters. The van der Waals surface area contributed by atoms with Crippen LogP contribution in [0.4, 0.5) is 0 Å². The van der Waals surface area contributed by atoms with Gasteiger partial charge in [-0.1, -0.05) is 5.16 Å². The Morgan fingerprint density at radius 1 is 1.71 bits per heavy atom. The molecule has 2 N–H and O–H groups in total. The summed E-state index contributed by atoms with van der Waals surface area (Å²) in [5.41, 5.74) is 1.36.